The Morgan fingerprint density at radius 1 is 1.33 bits per heavy atom. The Bertz CT molecular complexity index is 454. The van der Waals surface area contributed by atoms with Crippen LogP contribution in [0.1, 0.15) is 23.1 Å². The van der Waals surface area contributed by atoms with Crippen LogP contribution in [0, 0.1) is 6.92 Å². The zero-order valence-corrected chi connectivity index (χ0v) is 9.26. The molecular formula is C8H8F5N3O2. The van der Waals surface area contributed by atoms with Gasteiger partial charge in [-0.15, -0.1) is 5.10 Å². The fraction of sp³-hybridized carbons (Fsp3) is 0.625. The molecule has 0 unspecified atom stereocenters. The van der Waals surface area contributed by atoms with Gasteiger partial charge in [0.15, 0.2) is 5.69 Å². The molecule has 1 aromatic heterocycles. The minimum Gasteiger partial charge on any atom is -0.461 e. The van der Waals surface area contributed by atoms with Gasteiger partial charge in [0.05, 0.1) is 12.3 Å². The minimum atomic E-state index is -5.84. The summed E-state index contributed by atoms with van der Waals surface area (Å²) in [5.74, 6) is -1.11. The molecule has 102 valence electrons. The quantitative estimate of drug-likeness (QED) is 0.623. The van der Waals surface area contributed by atoms with Crippen LogP contribution in [-0.4, -0.2) is 33.7 Å². The van der Waals surface area contributed by atoms with E-state index in [2.05, 4.69) is 15.0 Å². The number of hydrogen-bond acceptors (Lipinski definition) is 4. The normalized spacial score (nSPS) is 12.6. The van der Waals surface area contributed by atoms with Crippen molar-refractivity contribution in [3.8, 4) is 0 Å². The van der Waals surface area contributed by atoms with Crippen molar-refractivity contribution in [3.63, 3.8) is 0 Å². The molecule has 0 bridgehead atoms. The fourth-order valence-electron chi connectivity index (χ4n) is 1.10. The Kier molecular flexibility index (Phi) is 3.58. The monoisotopic (exact) mass is 273 g/mol. The van der Waals surface area contributed by atoms with Gasteiger partial charge < -0.3 is 4.74 Å². The van der Waals surface area contributed by atoms with Crippen molar-refractivity contribution < 1.29 is 31.5 Å². The van der Waals surface area contributed by atoms with Crippen molar-refractivity contribution in [1.29, 1.82) is 0 Å². The molecular weight excluding hydrogens is 265 g/mol. The summed E-state index contributed by atoms with van der Waals surface area (Å²) >= 11 is 0. The van der Waals surface area contributed by atoms with Gasteiger partial charge in [0, 0.05) is 0 Å². The van der Waals surface area contributed by atoms with E-state index in [1.54, 1.807) is 0 Å². The minimum absolute atomic E-state index is 0.0687. The second kappa shape index (κ2) is 4.50. The number of ether oxygens (including phenoxy) is 1. The van der Waals surface area contributed by atoms with Crippen LogP contribution in [0.4, 0.5) is 22.0 Å². The molecule has 0 fully saturated rings. The summed E-state index contributed by atoms with van der Waals surface area (Å²) in [6.07, 6.45) is -5.84. The summed E-state index contributed by atoms with van der Waals surface area (Å²) in [5.41, 5.74) is -1.41. The van der Waals surface area contributed by atoms with Crippen LogP contribution in [0.15, 0.2) is 0 Å². The third-order valence-corrected chi connectivity index (χ3v) is 1.97. The third kappa shape index (κ3) is 2.27. The van der Waals surface area contributed by atoms with Gasteiger partial charge in [-0.05, 0) is 13.8 Å². The first kappa shape index (κ1) is 14.3. The molecule has 0 radical (unpaired) electrons. The number of rotatable bonds is 3. The van der Waals surface area contributed by atoms with Crippen molar-refractivity contribution in [2.24, 2.45) is 0 Å². The number of hydrogen-bond donors (Lipinski definition) is 0. The van der Waals surface area contributed by atoms with Crippen molar-refractivity contribution in [2.45, 2.75) is 26.1 Å². The predicted octanol–water partition coefficient (Wildman–Crippen LogP) is 1.87. The van der Waals surface area contributed by atoms with E-state index in [1.165, 1.54) is 6.92 Å². The van der Waals surface area contributed by atoms with Gasteiger partial charge in [-0.2, -0.15) is 26.6 Å². The van der Waals surface area contributed by atoms with Crippen LogP contribution in [0.2, 0.25) is 0 Å². The second-order valence-electron chi connectivity index (χ2n) is 3.19. The van der Waals surface area contributed by atoms with Crippen molar-refractivity contribution in [2.75, 3.05) is 6.61 Å². The van der Waals surface area contributed by atoms with E-state index in [-0.39, 0.29) is 6.61 Å². The van der Waals surface area contributed by atoms with Crippen molar-refractivity contribution >= 4 is 5.97 Å². The molecule has 1 rings (SSSR count). The molecule has 0 aliphatic rings. The van der Waals surface area contributed by atoms with Gasteiger partial charge in [0.25, 0.3) is 0 Å². The number of nitrogens with zero attached hydrogens (tertiary/aromatic N) is 3. The van der Waals surface area contributed by atoms with Crippen molar-refractivity contribution in [3.05, 3.63) is 11.4 Å². The van der Waals surface area contributed by atoms with E-state index >= 15 is 0 Å². The predicted molar refractivity (Wildman–Crippen MR) is 47.0 cm³/mol. The zero-order chi connectivity index (χ0) is 14.1. The first-order valence-corrected chi connectivity index (χ1v) is 4.67. The number of carbonyl (C=O) groups is 1. The van der Waals surface area contributed by atoms with E-state index < -0.39 is 34.3 Å². The topological polar surface area (TPSA) is 57.0 Å². The molecule has 0 N–H and O–H groups in total. The Balaban J connectivity index is 3.19. The molecule has 10 heteroatoms. The largest absolute Gasteiger partial charge is 0.477 e. The molecule has 0 atom stereocenters. The molecule has 1 aromatic rings. The van der Waals surface area contributed by atoms with Crippen LogP contribution >= 0.6 is 0 Å². The molecule has 18 heavy (non-hydrogen) atoms. The molecule has 1 heterocycles. The molecule has 0 amide bonds. The number of halogens is 5. The Morgan fingerprint density at radius 2 is 1.89 bits per heavy atom. The molecule has 0 saturated heterocycles. The van der Waals surface area contributed by atoms with Gasteiger partial charge in [0.2, 0.25) is 0 Å². The lowest BCUT2D eigenvalue weighted by Gasteiger charge is -2.19. The molecule has 5 nitrogen and oxygen atoms in total. The molecule has 0 aliphatic heterocycles. The van der Waals surface area contributed by atoms with Crippen LogP contribution in [0.5, 0.6) is 0 Å². The van der Waals surface area contributed by atoms with Gasteiger partial charge in [-0.25, -0.2) is 4.79 Å². The van der Waals surface area contributed by atoms with Gasteiger partial charge >= 0.3 is 18.2 Å². The number of aromatic nitrogens is 3. The maximum absolute atomic E-state index is 13.0. The lowest BCUT2D eigenvalue weighted by molar-refractivity contribution is -0.329. The van der Waals surface area contributed by atoms with E-state index in [0.29, 0.717) is 0 Å². The lowest BCUT2D eigenvalue weighted by Crippen LogP contribution is -2.41. The average molecular weight is 273 g/mol. The maximum Gasteiger partial charge on any atom is 0.477 e. The van der Waals surface area contributed by atoms with Gasteiger partial charge in [-0.1, -0.05) is 5.21 Å². The average Bonchev–Trinajstić information content (AvgIpc) is 2.59. The number of carbonyl (C=O) groups excluding carboxylic acids is 1. The highest BCUT2D eigenvalue weighted by Gasteiger charge is 2.61. The standard InChI is InChI=1S/C8H8F5N3O2/c1-3-18-6(17)5-4(2)16(15-14-5)8(12,13)7(9,10)11/h3H2,1-2H3. The molecule has 0 spiro atoms. The highest BCUT2D eigenvalue weighted by atomic mass is 19.4. The smallest absolute Gasteiger partial charge is 0.461 e. The van der Waals surface area contributed by atoms with E-state index in [9.17, 15) is 26.7 Å². The molecule has 0 saturated carbocycles. The third-order valence-electron chi connectivity index (χ3n) is 1.97. The summed E-state index contributed by atoms with van der Waals surface area (Å²) in [6, 6.07) is -5.24. The van der Waals surface area contributed by atoms with Crippen LogP contribution < -0.4 is 0 Å². The Hall–Kier alpha value is -1.74. The van der Waals surface area contributed by atoms with E-state index in [1.807, 2.05) is 0 Å². The van der Waals surface area contributed by atoms with Crippen LogP contribution in [0.3, 0.4) is 0 Å². The summed E-state index contributed by atoms with van der Waals surface area (Å²) in [5, 5.41) is 5.63. The highest BCUT2D eigenvalue weighted by Crippen LogP contribution is 2.39. The first-order valence-electron chi connectivity index (χ1n) is 4.67. The maximum atomic E-state index is 13.0. The molecule has 0 aliphatic carbocycles. The summed E-state index contributed by atoms with van der Waals surface area (Å²) in [7, 11) is 0. The number of esters is 1. The summed E-state index contributed by atoms with van der Waals surface area (Å²) in [4.78, 5) is 11.2. The van der Waals surface area contributed by atoms with E-state index in [4.69, 9.17) is 0 Å². The SMILES string of the molecule is CCOC(=O)c1nnn(C(F)(F)C(F)(F)F)c1C. The summed E-state index contributed by atoms with van der Waals surface area (Å²) in [6.45, 7) is 2.24. The van der Waals surface area contributed by atoms with Gasteiger partial charge in [0.1, 0.15) is 0 Å². The fourth-order valence-corrected chi connectivity index (χ4v) is 1.10. The second-order valence-corrected chi connectivity index (χ2v) is 3.19. The van der Waals surface area contributed by atoms with Crippen LogP contribution in [0.25, 0.3) is 0 Å². The van der Waals surface area contributed by atoms with Crippen LogP contribution in [-0.2, 0) is 10.8 Å². The van der Waals surface area contributed by atoms with Gasteiger partial charge in [-0.3, -0.25) is 0 Å². The lowest BCUT2D eigenvalue weighted by atomic mass is 10.3. The van der Waals surface area contributed by atoms with E-state index in [0.717, 1.165) is 6.92 Å². The Labute approximate surface area is 97.5 Å². The first-order chi connectivity index (χ1) is 8.13. The molecule has 0 aromatic carbocycles. The zero-order valence-electron chi connectivity index (χ0n) is 9.26. The number of alkyl halides is 5. The Morgan fingerprint density at radius 3 is 2.33 bits per heavy atom. The van der Waals surface area contributed by atoms with Crippen molar-refractivity contribution in [1.82, 2.24) is 15.0 Å². The highest BCUT2D eigenvalue weighted by molar-refractivity contribution is 5.88. The summed E-state index contributed by atoms with van der Waals surface area (Å²) < 4.78 is 66.0.